The Balaban J connectivity index is 1.43. The Morgan fingerprint density at radius 1 is 1.12 bits per heavy atom. The quantitative estimate of drug-likeness (QED) is 0.870. The zero-order valence-corrected chi connectivity index (χ0v) is 15.0. The van der Waals surface area contributed by atoms with E-state index < -0.39 is 0 Å². The van der Waals surface area contributed by atoms with Crippen LogP contribution in [0.15, 0.2) is 48.5 Å². The fourth-order valence-corrected chi connectivity index (χ4v) is 4.21. The molecule has 1 saturated heterocycles. The highest BCUT2D eigenvalue weighted by atomic mass is 35.5. The van der Waals surface area contributed by atoms with Crippen molar-refractivity contribution < 1.29 is 4.79 Å². The molecule has 0 bridgehead atoms. The molecule has 1 saturated carbocycles. The van der Waals surface area contributed by atoms with Crippen LogP contribution in [0.3, 0.4) is 0 Å². The lowest BCUT2D eigenvalue weighted by Gasteiger charge is -2.23. The average Bonchev–Trinajstić information content (AvgIpc) is 3.34. The Labute approximate surface area is 153 Å². The predicted molar refractivity (Wildman–Crippen MR) is 101 cm³/mol. The molecule has 1 amide bonds. The van der Waals surface area contributed by atoms with Gasteiger partial charge >= 0.3 is 0 Å². The molecule has 2 aromatic rings. The van der Waals surface area contributed by atoms with E-state index in [4.69, 9.17) is 11.6 Å². The van der Waals surface area contributed by atoms with Crippen LogP contribution >= 0.6 is 11.6 Å². The van der Waals surface area contributed by atoms with Gasteiger partial charge in [0.05, 0.1) is 0 Å². The molecule has 0 aromatic heterocycles. The van der Waals surface area contributed by atoms with Gasteiger partial charge in [-0.05, 0) is 66.6 Å². The van der Waals surface area contributed by atoms with Crippen molar-refractivity contribution in [2.45, 2.75) is 25.8 Å². The Hall–Kier alpha value is -1.84. The summed E-state index contributed by atoms with van der Waals surface area (Å²) < 4.78 is 0. The second kappa shape index (κ2) is 6.81. The molecule has 1 heterocycles. The maximum absolute atomic E-state index is 12.6. The van der Waals surface area contributed by atoms with Crippen molar-refractivity contribution in [3.05, 3.63) is 59.1 Å². The maximum Gasteiger partial charge on any atom is 0.223 e. The molecule has 130 valence electrons. The number of carbonyl (C=O) groups excluding carboxylic acids is 1. The van der Waals surface area contributed by atoms with Crippen molar-refractivity contribution in [1.82, 2.24) is 10.6 Å². The number of benzene rings is 2. The Bertz CT molecular complexity index is 766. The first kappa shape index (κ1) is 16.6. The first-order valence-electron chi connectivity index (χ1n) is 9.00. The summed E-state index contributed by atoms with van der Waals surface area (Å²) in [4.78, 5) is 12.6. The Morgan fingerprint density at radius 2 is 1.84 bits per heavy atom. The molecule has 1 atom stereocenters. The molecule has 4 heteroatoms. The van der Waals surface area contributed by atoms with Gasteiger partial charge in [-0.2, -0.15) is 0 Å². The first-order valence-corrected chi connectivity index (χ1v) is 9.38. The third-order valence-corrected chi connectivity index (χ3v) is 5.98. The summed E-state index contributed by atoms with van der Waals surface area (Å²) in [5.74, 6) is 0.421. The van der Waals surface area contributed by atoms with E-state index >= 15 is 0 Å². The molecular formula is C21H23ClN2O. The van der Waals surface area contributed by atoms with Gasteiger partial charge in [0.1, 0.15) is 0 Å². The molecule has 1 unspecified atom stereocenters. The number of piperidine rings is 1. The summed E-state index contributed by atoms with van der Waals surface area (Å²) in [5, 5.41) is 7.29. The first-order chi connectivity index (χ1) is 12.2. The molecule has 1 aliphatic carbocycles. The van der Waals surface area contributed by atoms with E-state index in [1.807, 2.05) is 36.4 Å². The van der Waals surface area contributed by atoms with Crippen LogP contribution in [0, 0.1) is 11.3 Å². The number of hydrogen-bond acceptors (Lipinski definition) is 2. The third-order valence-electron chi connectivity index (χ3n) is 5.73. The van der Waals surface area contributed by atoms with Crippen molar-refractivity contribution in [3.63, 3.8) is 0 Å². The molecule has 1 spiro atoms. The van der Waals surface area contributed by atoms with Crippen LogP contribution < -0.4 is 10.6 Å². The Kier molecular flexibility index (Phi) is 4.53. The standard InChI is InChI=1S/C21H23ClN2O/c22-17-7-5-15(6-8-17)18-4-2-1-3-16(18)14-24-20(25)19-13-21(19)9-11-23-12-10-21/h1-8,19,23H,9-14H2,(H,24,25). The minimum atomic E-state index is 0.206. The number of carbonyl (C=O) groups is 1. The molecular weight excluding hydrogens is 332 g/mol. The van der Waals surface area contributed by atoms with Crippen LogP contribution in [-0.2, 0) is 11.3 Å². The van der Waals surface area contributed by atoms with Crippen LogP contribution in [0.5, 0.6) is 0 Å². The van der Waals surface area contributed by atoms with E-state index in [0.29, 0.717) is 6.54 Å². The lowest BCUT2D eigenvalue weighted by Crippen LogP contribution is -2.33. The average molecular weight is 355 g/mol. The normalized spacial score (nSPS) is 21.1. The highest BCUT2D eigenvalue weighted by Gasteiger charge is 2.57. The lowest BCUT2D eigenvalue weighted by molar-refractivity contribution is -0.123. The van der Waals surface area contributed by atoms with E-state index in [2.05, 4.69) is 22.8 Å². The highest BCUT2D eigenvalue weighted by Crippen LogP contribution is 2.58. The van der Waals surface area contributed by atoms with E-state index in [0.717, 1.165) is 54.1 Å². The topological polar surface area (TPSA) is 41.1 Å². The fraction of sp³-hybridized carbons (Fsp3) is 0.381. The zero-order chi connectivity index (χ0) is 17.3. The summed E-state index contributed by atoms with van der Waals surface area (Å²) >= 11 is 5.99. The second-order valence-corrected chi connectivity index (χ2v) is 7.69. The van der Waals surface area contributed by atoms with Crippen LogP contribution in [-0.4, -0.2) is 19.0 Å². The van der Waals surface area contributed by atoms with Gasteiger partial charge in [-0.15, -0.1) is 0 Å². The van der Waals surface area contributed by atoms with Gasteiger partial charge in [0, 0.05) is 17.5 Å². The smallest absolute Gasteiger partial charge is 0.223 e. The van der Waals surface area contributed by atoms with Crippen LogP contribution in [0.2, 0.25) is 5.02 Å². The SMILES string of the molecule is O=C(NCc1ccccc1-c1ccc(Cl)cc1)C1CC12CCNCC2. The highest BCUT2D eigenvalue weighted by molar-refractivity contribution is 6.30. The molecule has 3 nitrogen and oxygen atoms in total. The van der Waals surface area contributed by atoms with Gasteiger partial charge in [0.15, 0.2) is 0 Å². The fourth-order valence-electron chi connectivity index (χ4n) is 4.09. The second-order valence-electron chi connectivity index (χ2n) is 7.25. The summed E-state index contributed by atoms with van der Waals surface area (Å²) in [6.45, 7) is 2.66. The number of halogens is 1. The number of hydrogen-bond donors (Lipinski definition) is 2. The number of amides is 1. The largest absolute Gasteiger partial charge is 0.352 e. The number of nitrogens with one attached hydrogen (secondary N) is 2. The monoisotopic (exact) mass is 354 g/mol. The summed E-state index contributed by atoms with van der Waals surface area (Å²) in [7, 11) is 0. The van der Waals surface area contributed by atoms with Crippen molar-refractivity contribution in [1.29, 1.82) is 0 Å². The predicted octanol–water partition coefficient (Wildman–Crippen LogP) is 4.01. The van der Waals surface area contributed by atoms with Gasteiger partial charge in [-0.3, -0.25) is 4.79 Å². The lowest BCUT2D eigenvalue weighted by atomic mass is 9.91. The maximum atomic E-state index is 12.6. The molecule has 2 N–H and O–H groups in total. The molecule has 25 heavy (non-hydrogen) atoms. The van der Waals surface area contributed by atoms with Crippen LogP contribution in [0.25, 0.3) is 11.1 Å². The summed E-state index contributed by atoms with van der Waals surface area (Å²) in [6.07, 6.45) is 3.32. The van der Waals surface area contributed by atoms with Gasteiger partial charge in [-0.1, -0.05) is 48.0 Å². The molecule has 4 rings (SSSR count). The van der Waals surface area contributed by atoms with E-state index in [1.54, 1.807) is 0 Å². The van der Waals surface area contributed by atoms with Crippen molar-refractivity contribution >= 4 is 17.5 Å². The Morgan fingerprint density at radius 3 is 2.60 bits per heavy atom. The number of rotatable bonds is 4. The van der Waals surface area contributed by atoms with Gasteiger partial charge in [-0.25, -0.2) is 0 Å². The van der Waals surface area contributed by atoms with E-state index in [-0.39, 0.29) is 17.2 Å². The summed E-state index contributed by atoms with van der Waals surface area (Å²) in [6, 6.07) is 16.1. The van der Waals surface area contributed by atoms with Crippen molar-refractivity contribution in [2.75, 3.05) is 13.1 Å². The van der Waals surface area contributed by atoms with Gasteiger partial charge < -0.3 is 10.6 Å². The van der Waals surface area contributed by atoms with E-state index in [1.165, 1.54) is 0 Å². The third kappa shape index (κ3) is 3.44. The van der Waals surface area contributed by atoms with Gasteiger partial charge in [0.2, 0.25) is 5.91 Å². The molecule has 0 radical (unpaired) electrons. The minimum Gasteiger partial charge on any atom is -0.352 e. The van der Waals surface area contributed by atoms with Crippen molar-refractivity contribution in [2.24, 2.45) is 11.3 Å². The van der Waals surface area contributed by atoms with E-state index in [9.17, 15) is 4.79 Å². The molecule has 2 aromatic carbocycles. The van der Waals surface area contributed by atoms with Gasteiger partial charge in [0.25, 0.3) is 0 Å². The molecule has 1 aliphatic heterocycles. The van der Waals surface area contributed by atoms with Crippen LogP contribution in [0.1, 0.15) is 24.8 Å². The summed E-state index contributed by atoms with van der Waals surface area (Å²) in [5.41, 5.74) is 3.69. The minimum absolute atomic E-state index is 0.206. The van der Waals surface area contributed by atoms with Crippen molar-refractivity contribution in [3.8, 4) is 11.1 Å². The molecule has 2 fully saturated rings. The molecule has 2 aliphatic rings. The van der Waals surface area contributed by atoms with Crippen LogP contribution in [0.4, 0.5) is 0 Å². The zero-order valence-electron chi connectivity index (χ0n) is 14.2.